The molecule has 0 amide bonds. The van der Waals surface area contributed by atoms with E-state index in [1.165, 1.54) is 0 Å². The van der Waals surface area contributed by atoms with Crippen LogP contribution in [0.5, 0.6) is 0 Å². The first-order chi connectivity index (χ1) is 11.2. The first-order valence-corrected chi connectivity index (χ1v) is 7.17. The molecule has 0 spiro atoms. The van der Waals surface area contributed by atoms with E-state index in [1.54, 1.807) is 0 Å². The minimum Gasteiger partial charge on any atom is -0.394 e. The molecule has 9 atom stereocenters. The second-order valence-electron chi connectivity index (χ2n) is 5.74. The standard InChI is InChI=1S/C12H22O12/c13-1-4-6(16)8(18)10(20)12(21,23-4)24-11(3-15)9(19)7(17)5(2-14)22-11/h4-10,13-21H,1-3H2/t4-,5+,6-,7+,8+,9-,10-,11+,12?/m1/s1. The third kappa shape index (κ3) is 3.05. The molecule has 0 aromatic heterocycles. The Labute approximate surface area is 135 Å². The van der Waals surface area contributed by atoms with Crippen molar-refractivity contribution in [1.82, 2.24) is 0 Å². The molecule has 2 fully saturated rings. The quantitative estimate of drug-likeness (QED) is 0.210. The second kappa shape index (κ2) is 7.03. The lowest BCUT2D eigenvalue weighted by Gasteiger charge is -2.47. The highest BCUT2D eigenvalue weighted by Crippen LogP contribution is 2.39. The van der Waals surface area contributed by atoms with Crippen LogP contribution >= 0.6 is 0 Å². The van der Waals surface area contributed by atoms with Crippen molar-refractivity contribution in [2.24, 2.45) is 0 Å². The molecule has 0 aliphatic carbocycles. The first-order valence-electron chi connectivity index (χ1n) is 7.17. The van der Waals surface area contributed by atoms with Crippen molar-refractivity contribution in [2.45, 2.75) is 54.5 Å². The van der Waals surface area contributed by atoms with Crippen LogP contribution in [0.15, 0.2) is 0 Å². The number of aliphatic hydroxyl groups is 9. The average Bonchev–Trinajstić information content (AvgIpc) is 2.81. The van der Waals surface area contributed by atoms with Crippen molar-refractivity contribution >= 4 is 0 Å². The summed E-state index contributed by atoms with van der Waals surface area (Å²) in [7, 11) is 0. The molecule has 1 unspecified atom stereocenters. The maximum Gasteiger partial charge on any atom is 0.313 e. The molecule has 0 aromatic rings. The Morgan fingerprint density at radius 3 is 1.75 bits per heavy atom. The third-order valence-corrected chi connectivity index (χ3v) is 4.15. The summed E-state index contributed by atoms with van der Waals surface area (Å²) in [6.45, 7) is -2.76. The normalized spacial score (nSPS) is 52.6. The highest BCUT2D eigenvalue weighted by Gasteiger charge is 2.63. The van der Waals surface area contributed by atoms with Crippen LogP contribution in [-0.2, 0) is 14.2 Å². The zero-order valence-electron chi connectivity index (χ0n) is 12.4. The third-order valence-electron chi connectivity index (χ3n) is 4.15. The van der Waals surface area contributed by atoms with Crippen molar-refractivity contribution in [2.75, 3.05) is 19.8 Å². The predicted molar refractivity (Wildman–Crippen MR) is 69.8 cm³/mol. The summed E-state index contributed by atoms with van der Waals surface area (Å²) in [5, 5.41) is 87.0. The molecule has 0 aromatic carbocycles. The minimum absolute atomic E-state index is 0.758. The first kappa shape index (κ1) is 19.8. The lowest BCUT2D eigenvalue weighted by atomic mass is 9.97. The summed E-state index contributed by atoms with van der Waals surface area (Å²) >= 11 is 0. The van der Waals surface area contributed by atoms with Crippen LogP contribution in [0.1, 0.15) is 0 Å². The second-order valence-corrected chi connectivity index (χ2v) is 5.74. The van der Waals surface area contributed by atoms with Gasteiger partial charge in [-0.2, -0.15) is 0 Å². The van der Waals surface area contributed by atoms with Gasteiger partial charge in [-0.25, -0.2) is 0 Å². The van der Waals surface area contributed by atoms with E-state index in [0.29, 0.717) is 0 Å². The van der Waals surface area contributed by atoms with Crippen molar-refractivity contribution in [3.63, 3.8) is 0 Å². The molecule has 12 nitrogen and oxygen atoms in total. The predicted octanol–water partition coefficient (Wildman–Crippen LogP) is -6.08. The maximum absolute atomic E-state index is 10.3. The van der Waals surface area contributed by atoms with E-state index in [2.05, 4.69) is 0 Å². The fourth-order valence-corrected chi connectivity index (χ4v) is 2.71. The van der Waals surface area contributed by atoms with Gasteiger partial charge in [0.05, 0.1) is 13.2 Å². The van der Waals surface area contributed by atoms with Crippen LogP contribution in [-0.4, -0.2) is 120 Å². The maximum atomic E-state index is 10.3. The van der Waals surface area contributed by atoms with E-state index in [4.69, 9.17) is 24.4 Å². The number of ether oxygens (including phenoxy) is 3. The Hall–Kier alpha value is -0.480. The SMILES string of the molecule is OC[C@@H]1O[C@@](CO)(OC2(O)O[C@H](CO)[C@@H](O)[C@H](O)[C@H]2O)[C@H](O)[C@H]1O. The summed E-state index contributed by atoms with van der Waals surface area (Å²) in [5.74, 6) is -5.62. The fourth-order valence-electron chi connectivity index (χ4n) is 2.71. The van der Waals surface area contributed by atoms with E-state index >= 15 is 0 Å². The monoisotopic (exact) mass is 358 g/mol. The highest BCUT2D eigenvalue weighted by molar-refractivity contribution is 4.99. The molecule has 0 radical (unpaired) electrons. The van der Waals surface area contributed by atoms with Crippen LogP contribution in [0, 0.1) is 0 Å². The molecular formula is C12H22O12. The Balaban J connectivity index is 2.29. The summed E-state index contributed by atoms with van der Waals surface area (Å²) in [4.78, 5) is 0. The van der Waals surface area contributed by atoms with Crippen LogP contribution in [0.2, 0.25) is 0 Å². The average molecular weight is 358 g/mol. The summed E-state index contributed by atoms with van der Waals surface area (Å²) in [5.41, 5.74) is 0. The van der Waals surface area contributed by atoms with Crippen molar-refractivity contribution in [3.8, 4) is 0 Å². The van der Waals surface area contributed by atoms with Gasteiger partial charge in [0.1, 0.15) is 43.2 Å². The van der Waals surface area contributed by atoms with E-state index in [1.807, 2.05) is 0 Å². The van der Waals surface area contributed by atoms with Gasteiger partial charge in [-0.05, 0) is 0 Å². The van der Waals surface area contributed by atoms with E-state index < -0.39 is 74.3 Å². The lowest BCUT2D eigenvalue weighted by Crippen LogP contribution is -2.69. The van der Waals surface area contributed by atoms with Crippen LogP contribution in [0.25, 0.3) is 0 Å². The molecule has 2 aliphatic rings. The van der Waals surface area contributed by atoms with Crippen molar-refractivity contribution < 1.29 is 60.2 Å². The molecule has 2 aliphatic heterocycles. The summed E-state index contributed by atoms with van der Waals surface area (Å²) in [6.07, 6.45) is -12.6. The Morgan fingerprint density at radius 2 is 1.29 bits per heavy atom. The Kier molecular flexibility index (Phi) is 5.81. The van der Waals surface area contributed by atoms with Gasteiger partial charge < -0.3 is 55.4 Å². The van der Waals surface area contributed by atoms with Gasteiger partial charge in [0.2, 0.25) is 5.79 Å². The summed E-state index contributed by atoms with van der Waals surface area (Å²) in [6, 6.07) is 0. The zero-order chi connectivity index (χ0) is 18.3. The highest BCUT2D eigenvalue weighted by atomic mass is 16.9. The Bertz CT molecular complexity index is 434. The van der Waals surface area contributed by atoms with Gasteiger partial charge in [0.25, 0.3) is 0 Å². The molecule has 9 N–H and O–H groups in total. The summed E-state index contributed by atoms with van der Waals surface area (Å²) < 4.78 is 14.8. The molecular weight excluding hydrogens is 336 g/mol. The largest absolute Gasteiger partial charge is 0.394 e. The van der Waals surface area contributed by atoms with Crippen molar-refractivity contribution in [3.05, 3.63) is 0 Å². The smallest absolute Gasteiger partial charge is 0.313 e. The van der Waals surface area contributed by atoms with Crippen LogP contribution in [0.3, 0.4) is 0 Å². The van der Waals surface area contributed by atoms with Gasteiger partial charge in [0.15, 0.2) is 6.10 Å². The molecule has 12 heteroatoms. The Morgan fingerprint density at radius 1 is 0.750 bits per heavy atom. The van der Waals surface area contributed by atoms with Gasteiger partial charge in [-0.15, -0.1) is 0 Å². The molecule has 2 heterocycles. The number of hydrogen-bond donors (Lipinski definition) is 9. The van der Waals surface area contributed by atoms with Gasteiger partial charge in [-0.1, -0.05) is 0 Å². The lowest BCUT2D eigenvalue weighted by molar-refractivity contribution is -0.500. The number of rotatable bonds is 5. The van der Waals surface area contributed by atoms with Gasteiger partial charge in [-0.3, -0.25) is 4.74 Å². The molecule has 2 rings (SSSR count). The topological polar surface area (TPSA) is 210 Å². The van der Waals surface area contributed by atoms with Crippen molar-refractivity contribution in [1.29, 1.82) is 0 Å². The number of hydrogen-bond acceptors (Lipinski definition) is 12. The van der Waals surface area contributed by atoms with E-state index in [9.17, 15) is 35.7 Å². The number of aliphatic hydroxyl groups excluding tert-OH is 8. The van der Waals surface area contributed by atoms with Gasteiger partial charge >= 0.3 is 5.97 Å². The molecule has 2 saturated heterocycles. The molecule has 0 bridgehead atoms. The van der Waals surface area contributed by atoms with E-state index in [-0.39, 0.29) is 0 Å². The zero-order valence-corrected chi connectivity index (χ0v) is 12.4. The van der Waals surface area contributed by atoms with Crippen LogP contribution in [0.4, 0.5) is 0 Å². The molecule has 142 valence electrons. The molecule has 24 heavy (non-hydrogen) atoms. The molecule has 0 saturated carbocycles. The van der Waals surface area contributed by atoms with E-state index in [0.717, 1.165) is 0 Å². The van der Waals surface area contributed by atoms with Crippen LogP contribution < -0.4 is 0 Å². The van der Waals surface area contributed by atoms with Gasteiger partial charge in [0, 0.05) is 0 Å². The fraction of sp³-hybridized carbons (Fsp3) is 1.00. The minimum atomic E-state index is -3.11.